The standard InChI is InChI=1S/C20H15N3O3/c21-10-16-9-13(7-8-19(16)25)20(26)23-22-11-14-3-1-6-18-15(12-24)4-2-5-17(14)18/h1-9,11,24-25H,12H2,(H,23,26)/b22-11+. The Balaban J connectivity index is 1.82. The number of hydrazone groups is 1. The Morgan fingerprint density at radius 3 is 2.69 bits per heavy atom. The molecule has 3 aromatic rings. The predicted molar refractivity (Wildman–Crippen MR) is 97.8 cm³/mol. The largest absolute Gasteiger partial charge is 0.507 e. The number of carbonyl (C=O) groups is 1. The zero-order valence-electron chi connectivity index (χ0n) is 13.7. The van der Waals surface area contributed by atoms with E-state index >= 15 is 0 Å². The highest BCUT2D eigenvalue weighted by atomic mass is 16.3. The van der Waals surface area contributed by atoms with Gasteiger partial charge in [0.05, 0.1) is 18.4 Å². The van der Waals surface area contributed by atoms with E-state index < -0.39 is 5.91 Å². The lowest BCUT2D eigenvalue weighted by molar-refractivity contribution is 0.0955. The summed E-state index contributed by atoms with van der Waals surface area (Å²) in [7, 11) is 0. The summed E-state index contributed by atoms with van der Waals surface area (Å²) in [6, 6.07) is 17.0. The van der Waals surface area contributed by atoms with Crippen molar-refractivity contribution >= 4 is 22.9 Å². The van der Waals surface area contributed by atoms with Gasteiger partial charge in [-0.3, -0.25) is 4.79 Å². The summed E-state index contributed by atoms with van der Waals surface area (Å²) >= 11 is 0. The van der Waals surface area contributed by atoms with Crippen molar-refractivity contribution in [1.82, 2.24) is 5.43 Å². The summed E-state index contributed by atoms with van der Waals surface area (Å²) in [6.45, 7) is -0.0588. The number of aliphatic hydroxyl groups is 1. The monoisotopic (exact) mass is 345 g/mol. The third-order valence-electron chi connectivity index (χ3n) is 3.97. The van der Waals surface area contributed by atoms with Gasteiger partial charge >= 0.3 is 0 Å². The molecule has 0 aromatic heterocycles. The number of amides is 1. The lowest BCUT2D eigenvalue weighted by atomic mass is 10.0. The minimum atomic E-state index is -0.492. The second-order valence-electron chi connectivity index (χ2n) is 5.56. The van der Waals surface area contributed by atoms with Gasteiger partial charge in [0, 0.05) is 11.1 Å². The van der Waals surface area contributed by atoms with E-state index in [1.807, 2.05) is 42.5 Å². The molecule has 0 heterocycles. The minimum absolute atomic E-state index is 0.0206. The molecular weight excluding hydrogens is 330 g/mol. The number of carbonyl (C=O) groups excluding carboxylic acids is 1. The lowest BCUT2D eigenvalue weighted by Crippen LogP contribution is -2.17. The van der Waals surface area contributed by atoms with Crippen LogP contribution in [0.2, 0.25) is 0 Å². The molecule has 3 N–H and O–H groups in total. The van der Waals surface area contributed by atoms with E-state index in [0.29, 0.717) is 0 Å². The van der Waals surface area contributed by atoms with Crippen LogP contribution in [0.4, 0.5) is 0 Å². The predicted octanol–water partition coefficient (Wildman–Crippen LogP) is 2.67. The van der Waals surface area contributed by atoms with Crippen LogP contribution in [0.15, 0.2) is 59.7 Å². The Hall–Kier alpha value is -3.69. The number of fused-ring (bicyclic) bond motifs is 1. The van der Waals surface area contributed by atoms with Gasteiger partial charge < -0.3 is 10.2 Å². The fourth-order valence-electron chi connectivity index (χ4n) is 2.64. The van der Waals surface area contributed by atoms with E-state index in [4.69, 9.17) is 5.26 Å². The summed E-state index contributed by atoms with van der Waals surface area (Å²) in [5.41, 5.74) is 4.25. The smallest absolute Gasteiger partial charge is 0.271 e. The van der Waals surface area contributed by atoms with Crippen LogP contribution in [0, 0.1) is 11.3 Å². The Kier molecular flexibility index (Phi) is 4.92. The van der Waals surface area contributed by atoms with Crippen LogP contribution in [-0.2, 0) is 6.61 Å². The number of nitrogens with zero attached hydrogens (tertiary/aromatic N) is 2. The van der Waals surface area contributed by atoms with E-state index in [1.165, 1.54) is 24.4 Å². The van der Waals surface area contributed by atoms with Crippen molar-refractivity contribution in [3.63, 3.8) is 0 Å². The number of rotatable bonds is 4. The molecule has 3 aromatic carbocycles. The topological polar surface area (TPSA) is 106 Å². The second-order valence-corrected chi connectivity index (χ2v) is 5.56. The molecule has 0 atom stereocenters. The van der Waals surface area contributed by atoms with Gasteiger partial charge in [0.1, 0.15) is 11.8 Å². The molecule has 6 heteroatoms. The van der Waals surface area contributed by atoms with Gasteiger partial charge in [-0.2, -0.15) is 10.4 Å². The first-order valence-corrected chi connectivity index (χ1v) is 7.82. The maximum absolute atomic E-state index is 12.1. The summed E-state index contributed by atoms with van der Waals surface area (Å²) in [6.07, 6.45) is 1.52. The van der Waals surface area contributed by atoms with E-state index in [2.05, 4.69) is 10.5 Å². The normalized spacial score (nSPS) is 10.8. The summed E-state index contributed by atoms with van der Waals surface area (Å²) in [5, 5.41) is 33.6. The average molecular weight is 345 g/mol. The molecule has 0 saturated heterocycles. The molecule has 26 heavy (non-hydrogen) atoms. The molecular formula is C20H15N3O3. The fourth-order valence-corrected chi connectivity index (χ4v) is 2.64. The highest BCUT2D eigenvalue weighted by Crippen LogP contribution is 2.21. The molecule has 3 rings (SSSR count). The second kappa shape index (κ2) is 7.47. The van der Waals surface area contributed by atoms with Crippen molar-refractivity contribution in [3.05, 3.63) is 76.9 Å². The number of phenolic OH excluding ortho intramolecular Hbond substituents is 1. The van der Waals surface area contributed by atoms with Crippen LogP contribution in [0.5, 0.6) is 5.75 Å². The van der Waals surface area contributed by atoms with Crippen LogP contribution in [-0.4, -0.2) is 22.3 Å². The number of aliphatic hydroxyl groups excluding tert-OH is 1. The van der Waals surface area contributed by atoms with Crippen LogP contribution in [0.1, 0.15) is 27.0 Å². The quantitative estimate of drug-likeness (QED) is 0.499. The number of hydrogen-bond donors (Lipinski definition) is 3. The Labute approximate surface area is 149 Å². The number of phenols is 1. The van der Waals surface area contributed by atoms with E-state index in [-0.39, 0.29) is 23.5 Å². The third kappa shape index (κ3) is 3.38. The van der Waals surface area contributed by atoms with E-state index in [9.17, 15) is 15.0 Å². The van der Waals surface area contributed by atoms with Gasteiger partial charge in [-0.25, -0.2) is 5.43 Å². The van der Waals surface area contributed by atoms with Gasteiger partial charge in [-0.15, -0.1) is 0 Å². The molecule has 0 saturated carbocycles. The minimum Gasteiger partial charge on any atom is -0.507 e. The van der Waals surface area contributed by atoms with Crippen LogP contribution in [0.25, 0.3) is 10.8 Å². The molecule has 0 aliphatic rings. The van der Waals surface area contributed by atoms with Crippen molar-refractivity contribution < 1.29 is 15.0 Å². The Morgan fingerprint density at radius 2 is 1.92 bits per heavy atom. The summed E-state index contributed by atoms with van der Waals surface area (Å²) in [4.78, 5) is 12.1. The number of hydrogen-bond acceptors (Lipinski definition) is 5. The zero-order valence-corrected chi connectivity index (χ0v) is 13.7. The summed E-state index contributed by atoms with van der Waals surface area (Å²) in [5.74, 6) is -0.669. The van der Waals surface area contributed by atoms with E-state index in [1.54, 1.807) is 0 Å². The molecule has 0 bridgehead atoms. The van der Waals surface area contributed by atoms with Crippen molar-refractivity contribution in [1.29, 1.82) is 5.26 Å². The Morgan fingerprint density at radius 1 is 1.15 bits per heavy atom. The lowest BCUT2D eigenvalue weighted by Gasteiger charge is -2.06. The number of nitriles is 1. The van der Waals surface area contributed by atoms with Crippen LogP contribution in [0.3, 0.4) is 0 Å². The highest BCUT2D eigenvalue weighted by molar-refractivity contribution is 6.01. The fraction of sp³-hybridized carbons (Fsp3) is 0.0500. The molecule has 128 valence electrons. The molecule has 0 radical (unpaired) electrons. The molecule has 0 spiro atoms. The highest BCUT2D eigenvalue weighted by Gasteiger charge is 2.08. The van der Waals surface area contributed by atoms with Crippen molar-refractivity contribution in [3.8, 4) is 11.8 Å². The van der Waals surface area contributed by atoms with Gasteiger partial charge in [0.25, 0.3) is 5.91 Å². The van der Waals surface area contributed by atoms with Gasteiger partial charge in [-0.05, 0) is 34.5 Å². The molecule has 0 aliphatic carbocycles. The number of benzene rings is 3. The third-order valence-corrected chi connectivity index (χ3v) is 3.97. The van der Waals surface area contributed by atoms with Crippen molar-refractivity contribution in [2.75, 3.05) is 0 Å². The molecule has 0 unspecified atom stereocenters. The molecule has 0 fully saturated rings. The van der Waals surface area contributed by atoms with Crippen LogP contribution >= 0.6 is 0 Å². The maximum Gasteiger partial charge on any atom is 0.271 e. The summed E-state index contributed by atoms with van der Waals surface area (Å²) < 4.78 is 0. The van der Waals surface area contributed by atoms with E-state index in [0.717, 1.165) is 21.9 Å². The molecule has 6 nitrogen and oxygen atoms in total. The first-order valence-electron chi connectivity index (χ1n) is 7.82. The van der Waals surface area contributed by atoms with Crippen molar-refractivity contribution in [2.24, 2.45) is 5.10 Å². The molecule has 0 aliphatic heterocycles. The van der Waals surface area contributed by atoms with Gasteiger partial charge in [0.15, 0.2) is 0 Å². The van der Waals surface area contributed by atoms with Gasteiger partial charge in [0.2, 0.25) is 0 Å². The van der Waals surface area contributed by atoms with Crippen LogP contribution < -0.4 is 5.43 Å². The first-order chi connectivity index (χ1) is 12.6. The molecule has 1 amide bonds. The number of aromatic hydroxyl groups is 1. The SMILES string of the molecule is N#Cc1cc(C(=O)N/N=C/c2cccc3c(CO)cccc23)ccc1O. The Bertz CT molecular complexity index is 1050. The first kappa shape index (κ1) is 17.1. The zero-order chi connectivity index (χ0) is 18.5. The number of nitrogens with one attached hydrogen (secondary N) is 1. The maximum atomic E-state index is 12.1. The average Bonchev–Trinajstić information content (AvgIpc) is 2.67. The van der Waals surface area contributed by atoms with Crippen molar-refractivity contribution in [2.45, 2.75) is 6.61 Å². The van der Waals surface area contributed by atoms with Gasteiger partial charge in [-0.1, -0.05) is 36.4 Å².